The molecule has 0 bridgehead atoms. The van der Waals surface area contributed by atoms with E-state index in [0.29, 0.717) is 12.2 Å². The molecule has 2 nitrogen and oxygen atoms in total. The lowest BCUT2D eigenvalue weighted by atomic mass is 10.1. The number of carbonyl (C=O) groups excluding carboxylic acids is 1. The van der Waals surface area contributed by atoms with Gasteiger partial charge in [0.05, 0.1) is 0 Å². The molecule has 0 saturated carbocycles. The monoisotopic (exact) mass is 292 g/mol. The highest BCUT2D eigenvalue weighted by Gasteiger charge is 2.15. The SMILES string of the molecule is CCC(Br)C(=O)Oc1cccc2ccccc12. The Morgan fingerprint density at radius 3 is 2.71 bits per heavy atom. The molecule has 17 heavy (non-hydrogen) atoms. The number of fused-ring (bicyclic) bond motifs is 1. The molecule has 0 heterocycles. The molecule has 0 aliphatic rings. The molecule has 0 spiro atoms. The number of ether oxygens (including phenoxy) is 1. The molecule has 0 aliphatic heterocycles. The van der Waals surface area contributed by atoms with E-state index >= 15 is 0 Å². The van der Waals surface area contributed by atoms with Crippen LogP contribution in [0.5, 0.6) is 5.75 Å². The minimum Gasteiger partial charge on any atom is -0.425 e. The van der Waals surface area contributed by atoms with E-state index in [1.54, 1.807) is 0 Å². The lowest BCUT2D eigenvalue weighted by Gasteiger charge is -2.09. The normalized spacial score (nSPS) is 12.4. The van der Waals surface area contributed by atoms with Gasteiger partial charge in [-0.15, -0.1) is 0 Å². The van der Waals surface area contributed by atoms with Crippen molar-refractivity contribution in [1.29, 1.82) is 0 Å². The summed E-state index contributed by atoms with van der Waals surface area (Å²) in [7, 11) is 0. The molecule has 0 aliphatic carbocycles. The van der Waals surface area contributed by atoms with Crippen molar-refractivity contribution >= 4 is 32.7 Å². The van der Waals surface area contributed by atoms with E-state index in [9.17, 15) is 4.79 Å². The molecule has 0 radical (unpaired) electrons. The fraction of sp³-hybridized carbons (Fsp3) is 0.214. The molecular weight excluding hydrogens is 280 g/mol. The zero-order valence-corrected chi connectivity index (χ0v) is 11.1. The van der Waals surface area contributed by atoms with Crippen LogP contribution in [0.1, 0.15) is 13.3 Å². The van der Waals surface area contributed by atoms with Crippen LogP contribution in [0, 0.1) is 0 Å². The van der Waals surface area contributed by atoms with Crippen LogP contribution in [0.15, 0.2) is 42.5 Å². The summed E-state index contributed by atoms with van der Waals surface area (Å²) in [6, 6.07) is 13.6. The third-order valence-corrected chi connectivity index (χ3v) is 3.60. The van der Waals surface area contributed by atoms with E-state index < -0.39 is 0 Å². The number of halogens is 1. The molecule has 2 aromatic carbocycles. The van der Waals surface area contributed by atoms with Gasteiger partial charge < -0.3 is 4.74 Å². The average Bonchev–Trinajstić information content (AvgIpc) is 2.38. The molecule has 0 N–H and O–H groups in total. The third-order valence-electron chi connectivity index (χ3n) is 2.57. The summed E-state index contributed by atoms with van der Waals surface area (Å²) < 4.78 is 5.39. The fourth-order valence-corrected chi connectivity index (χ4v) is 1.72. The summed E-state index contributed by atoms with van der Waals surface area (Å²) in [4.78, 5) is 11.5. The smallest absolute Gasteiger partial charge is 0.325 e. The van der Waals surface area contributed by atoms with Gasteiger partial charge in [0.15, 0.2) is 0 Å². The number of rotatable bonds is 3. The van der Waals surface area contributed by atoms with Crippen LogP contribution >= 0.6 is 15.9 Å². The van der Waals surface area contributed by atoms with Crippen LogP contribution in [-0.2, 0) is 4.79 Å². The number of carbonyl (C=O) groups is 1. The largest absolute Gasteiger partial charge is 0.425 e. The highest BCUT2D eigenvalue weighted by Crippen LogP contribution is 2.26. The highest BCUT2D eigenvalue weighted by atomic mass is 79.9. The lowest BCUT2D eigenvalue weighted by molar-refractivity contribution is -0.133. The van der Waals surface area contributed by atoms with Gasteiger partial charge in [-0.25, -0.2) is 0 Å². The average molecular weight is 293 g/mol. The van der Waals surface area contributed by atoms with Crippen LogP contribution in [0.3, 0.4) is 0 Å². The molecule has 1 atom stereocenters. The Hall–Kier alpha value is -1.35. The summed E-state index contributed by atoms with van der Waals surface area (Å²) in [5.74, 6) is 0.370. The van der Waals surface area contributed by atoms with Crippen molar-refractivity contribution in [2.75, 3.05) is 0 Å². The molecule has 88 valence electrons. The van der Waals surface area contributed by atoms with Gasteiger partial charge in [0.25, 0.3) is 0 Å². The van der Waals surface area contributed by atoms with Crippen molar-refractivity contribution in [2.45, 2.75) is 18.2 Å². The summed E-state index contributed by atoms with van der Waals surface area (Å²) in [6.07, 6.45) is 0.712. The van der Waals surface area contributed by atoms with Crippen molar-refractivity contribution in [3.63, 3.8) is 0 Å². The number of hydrogen-bond donors (Lipinski definition) is 0. The maximum Gasteiger partial charge on any atom is 0.325 e. The summed E-state index contributed by atoms with van der Waals surface area (Å²) in [6.45, 7) is 1.93. The van der Waals surface area contributed by atoms with Crippen molar-refractivity contribution in [3.05, 3.63) is 42.5 Å². The topological polar surface area (TPSA) is 26.3 Å². The van der Waals surface area contributed by atoms with Crippen molar-refractivity contribution in [1.82, 2.24) is 0 Å². The lowest BCUT2D eigenvalue weighted by Crippen LogP contribution is -2.19. The second kappa shape index (κ2) is 5.32. The van der Waals surface area contributed by atoms with Crippen LogP contribution in [-0.4, -0.2) is 10.8 Å². The van der Waals surface area contributed by atoms with E-state index in [1.165, 1.54) is 0 Å². The summed E-state index contributed by atoms with van der Waals surface area (Å²) in [5.41, 5.74) is 0. The van der Waals surface area contributed by atoms with E-state index in [1.807, 2.05) is 49.4 Å². The fourth-order valence-electron chi connectivity index (χ4n) is 1.62. The van der Waals surface area contributed by atoms with Crippen LogP contribution < -0.4 is 4.74 Å². The molecule has 0 fully saturated rings. The minimum absolute atomic E-state index is 0.246. The van der Waals surface area contributed by atoms with Gasteiger partial charge in [-0.2, -0.15) is 0 Å². The zero-order valence-electron chi connectivity index (χ0n) is 9.52. The van der Waals surface area contributed by atoms with Gasteiger partial charge in [-0.05, 0) is 17.9 Å². The second-order valence-electron chi connectivity index (χ2n) is 3.77. The van der Waals surface area contributed by atoms with Crippen LogP contribution in [0.4, 0.5) is 0 Å². The Kier molecular flexibility index (Phi) is 3.79. The molecule has 0 saturated heterocycles. The molecule has 2 aromatic rings. The maximum atomic E-state index is 11.7. The maximum absolute atomic E-state index is 11.7. The summed E-state index contributed by atoms with van der Waals surface area (Å²) >= 11 is 3.29. The Morgan fingerprint density at radius 2 is 1.94 bits per heavy atom. The van der Waals surface area contributed by atoms with Gasteiger partial charge in [0, 0.05) is 5.39 Å². The minimum atomic E-state index is -0.249. The quantitative estimate of drug-likeness (QED) is 0.487. The Morgan fingerprint density at radius 1 is 1.24 bits per heavy atom. The van der Waals surface area contributed by atoms with Crippen LogP contribution in [0.25, 0.3) is 10.8 Å². The first kappa shape index (κ1) is 12.1. The van der Waals surface area contributed by atoms with Crippen LogP contribution in [0.2, 0.25) is 0 Å². The first-order valence-corrected chi connectivity index (χ1v) is 6.47. The third kappa shape index (κ3) is 2.67. The van der Waals surface area contributed by atoms with Crippen molar-refractivity contribution < 1.29 is 9.53 Å². The van der Waals surface area contributed by atoms with Gasteiger partial charge in [-0.3, -0.25) is 4.79 Å². The van der Waals surface area contributed by atoms with E-state index in [0.717, 1.165) is 10.8 Å². The number of alkyl halides is 1. The van der Waals surface area contributed by atoms with Gasteiger partial charge in [0.2, 0.25) is 0 Å². The second-order valence-corrected chi connectivity index (χ2v) is 4.88. The number of esters is 1. The number of benzene rings is 2. The first-order valence-electron chi connectivity index (χ1n) is 5.56. The molecule has 0 aromatic heterocycles. The van der Waals surface area contributed by atoms with Crippen molar-refractivity contribution in [2.24, 2.45) is 0 Å². The van der Waals surface area contributed by atoms with Gasteiger partial charge in [0.1, 0.15) is 10.6 Å². The Balaban J connectivity index is 2.33. The highest BCUT2D eigenvalue weighted by molar-refractivity contribution is 9.10. The Labute approximate surface area is 109 Å². The van der Waals surface area contributed by atoms with Crippen molar-refractivity contribution in [3.8, 4) is 5.75 Å². The van der Waals surface area contributed by atoms with E-state index in [2.05, 4.69) is 15.9 Å². The zero-order chi connectivity index (χ0) is 12.3. The number of hydrogen-bond acceptors (Lipinski definition) is 2. The predicted octanol–water partition coefficient (Wildman–Crippen LogP) is 3.92. The Bertz CT molecular complexity index is 531. The molecule has 1 unspecified atom stereocenters. The van der Waals surface area contributed by atoms with Gasteiger partial charge in [-0.1, -0.05) is 59.3 Å². The van der Waals surface area contributed by atoms with E-state index in [4.69, 9.17) is 4.74 Å². The molecule has 2 rings (SSSR count). The standard InChI is InChI=1S/C14H13BrO2/c1-2-12(15)14(16)17-13-9-5-7-10-6-3-4-8-11(10)13/h3-9,12H,2H2,1H3. The predicted molar refractivity (Wildman–Crippen MR) is 72.6 cm³/mol. The molecule has 0 amide bonds. The molecular formula is C14H13BrO2. The summed E-state index contributed by atoms with van der Waals surface area (Å²) in [5, 5.41) is 2.03. The molecule has 3 heteroatoms. The first-order chi connectivity index (χ1) is 8.22. The van der Waals surface area contributed by atoms with Gasteiger partial charge >= 0.3 is 5.97 Å². The van der Waals surface area contributed by atoms with E-state index in [-0.39, 0.29) is 10.8 Å².